The highest BCUT2D eigenvalue weighted by atomic mass is 35.5. The van der Waals surface area contributed by atoms with Gasteiger partial charge in [-0.15, -0.1) is 11.6 Å². The smallest absolute Gasteiger partial charge is 0.221 e. The second-order valence-corrected chi connectivity index (χ2v) is 4.88. The summed E-state index contributed by atoms with van der Waals surface area (Å²) in [7, 11) is 0. The minimum atomic E-state index is -0.226. The summed E-state index contributed by atoms with van der Waals surface area (Å²) in [6.07, 6.45) is 2.43. The molecule has 0 radical (unpaired) electrons. The zero-order valence-corrected chi connectivity index (χ0v) is 10.3. The normalized spacial score (nSPS) is 16.6. The summed E-state index contributed by atoms with van der Waals surface area (Å²) < 4.78 is 12.8. The Balaban J connectivity index is 1.95. The van der Waals surface area contributed by atoms with Crippen molar-refractivity contribution in [2.75, 3.05) is 12.4 Å². The first-order chi connectivity index (χ1) is 8.16. The highest BCUT2D eigenvalue weighted by Gasteiger charge is 2.44. The van der Waals surface area contributed by atoms with E-state index in [2.05, 4.69) is 5.32 Å². The van der Waals surface area contributed by atoms with Gasteiger partial charge >= 0.3 is 0 Å². The first-order valence-corrected chi connectivity index (χ1v) is 6.28. The van der Waals surface area contributed by atoms with Crippen molar-refractivity contribution in [2.45, 2.75) is 24.7 Å². The van der Waals surface area contributed by atoms with Gasteiger partial charge in [0.25, 0.3) is 0 Å². The number of nitrogens with one attached hydrogen (secondary N) is 1. The molecule has 0 aliphatic heterocycles. The maximum atomic E-state index is 12.8. The maximum absolute atomic E-state index is 12.8. The van der Waals surface area contributed by atoms with Gasteiger partial charge in [-0.1, -0.05) is 12.1 Å². The van der Waals surface area contributed by atoms with Crippen molar-refractivity contribution >= 4 is 17.5 Å². The summed E-state index contributed by atoms with van der Waals surface area (Å²) in [5.74, 6) is 0.0964. The number of benzene rings is 1. The fourth-order valence-corrected chi connectivity index (χ4v) is 2.14. The van der Waals surface area contributed by atoms with Crippen LogP contribution in [0.15, 0.2) is 24.3 Å². The van der Waals surface area contributed by atoms with Crippen LogP contribution < -0.4 is 5.32 Å². The number of alkyl halides is 1. The van der Waals surface area contributed by atoms with Crippen molar-refractivity contribution in [3.63, 3.8) is 0 Å². The lowest BCUT2D eigenvalue weighted by Gasteiger charge is -2.16. The molecular formula is C13H15ClFNO. The van der Waals surface area contributed by atoms with Crippen molar-refractivity contribution < 1.29 is 9.18 Å². The molecule has 0 aromatic heterocycles. The van der Waals surface area contributed by atoms with Gasteiger partial charge in [0, 0.05) is 24.3 Å². The molecule has 0 saturated heterocycles. The third kappa shape index (κ3) is 2.97. The van der Waals surface area contributed by atoms with Gasteiger partial charge in [0.2, 0.25) is 5.91 Å². The Morgan fingerprint density at radius 3 is 2.53 bits per heavy atom. The van der Waals surface area contributed by atoms with E-state index in [9.17, 15) is 9.18 Å². The third-order valence-corrected chi connectivity index (χ3v) is 3.44. The van der Waals surface area contributed by atoms with Crippen molar-refractivity contribution in [2.24, 2.45) is 0 Å². The van der Waals surface area contributed by atoms with Crippen LogP contribution in [-0.4, -0.2) is 18.3 Å². The van der Waals surface area contributed by atoms with Crippen molar-refractivity contribution in [3.8, 4) is 0 Å². The number of hydrogen-bond acceptors (Lipinski definition) is 1. The molecule has 0 bridgehead atoms. The Bertz CT molecular complexity index is 400. The van der Waals surface area contributed by atoms with E-state index in [1.807, 2.05) is 0 Å². The van der Waals surface area contributed by atoms with Crippen molar-refractivity contribution in [3.05, 3.63) is 35.6 Å². The highest BCUT2D eigenvalue weighted by molar-refractivity contribution is 6.18. The van der Waals surface area contributed by atoms with Crippen LogP contribution in [0.4, 0.5) is 4.39 Å². The lowest BCUT2D eigenvalue weighted by atomic mass is 9.96. The lowest BCUT2D eigenvalue weighted by molar-refractivity contribution is -0.120. The summed E-state index contributed by atoms with van der Waals surface area (Å²) in [4.78, 5) is 11.3. The van der Waals surface area contributed by atoms with Gasteiger partial charge in [0.05, 0.1) is 0 Å². The monoisotopic (exact) mass is 255 g/mol. The molecule has 1 fully saturated rings. The number of carbonyl (C=O) groups is 1. The van der Waals surface area contributed by atoms with Gasteiger partial charge in [-0.05, 0) is 30.5 Å². The average Bonchev–Trinajstić information content (AvgIpc) is 3.09. The third-order valence-electron chi connectivity index (χ3n) is 3.26. The Kier molecular flexibility index (Phi) is 3.67. The zero-order chi connectivity index (χ0) is 12.3. The molecule has 0 unspecified atom stereocenters. The Labute approximate surface area is 105 Å². The summed E-state index contributed by atoms with van der Waals surface area (Å²) in [5.41, 5.74) is 1.13. The van der Waals surface area contributed by atoms with E-state index in [0.717, 1.165) is 18.4 Å². The molecule has 1 amide bonds. The quantitative estimate of drug-likeness (QED) is 0.805. The molecule has 4 heteroatoms. The number of hydrogen-bond donors (Lipinski definition) is 1. The zero-order valence-electron chi connectivity index (χ0n) is 9.51. The topological polar surface area (TPSA) is 29.1 Å². The largest absolute Gasteiger partial charge is 0.355 e. The summed E-state index contributed by atoms with van der Waals surface area (Å²) in [5, 5.41) is 2.88. The molecule has 0 atom stereocenters. The van der Waals surface area contributed by atoms with E-state index in [-0.39, 0.29) is 17.1 Å². The van der Waals surface area contributed by atoms with Crippen molar-refractivity contribution in [1.29, 1.82) is 0 Å². The van der Waals surface area contributed by atoms with Crippen LogP contribution in [0.5, 0.6) is 0 Å². The molecule has 1 N–H and O–H groups in total. The molecule has 2 rings (SSSR count). The van der Waals surface area contributed by atoms with E-state index < -0.39 is 0 Å². The van der Waals surface area contributed by atoms with Crippen LogP contribution in [0, 0.1) is 5.82 Å². The summed E-state index contributed by atoms with van der Waals surface area (Å²) >= 11 is 5.49. The second-order valence-electron chi connectivity index (χ2n) is 4.50. The van der Waals surface area contributed by atoms with E-state index in [1.54, 1.807) is 12.1 Å². The number of rotatable bonds is 5. The van der Waals surface area contributed by atoms with Crippen molar-refractivity contribution in [1.82, 2.24) is 5.32 Å². The molecular weight excluding hydrogens is 241 g/mol. The fourth-order valence-electron chi connectivity index (χ4n) is 1.96. The molecule has 1 aliphatic rings. The molecule has 0 heterocycles. The minimum Gasteiger partial charge on any atom is -0.355 e. The van der Waals surface area contributed by atoms with Crippen LogP contribution in [0.2, 0.25) is 0 Å². The average molecular weight is 256 g/mol. The summed E-state index contributed by atoms with van der Waals surface area (Å²) in [6.45, 7) is 0.619. The predicted molar refractivity (Wildman–Crippen MR) is 65.7 cm³/mol. The van der Waals surface area contributed by atoms with E-state index in [4.69, 9.17) is 11.6 Å². The van der Waals surface area contributed by atoms with E-state index >= 15 is 0 Å². The lowest BCUT2D eigenvalue weighted by Crippen LogP contribution is -2.32. The first-order valence-electron chi connectivity index (χ1n) is 5.75. The van der Waals surface area contributed by atoms with Crippen LogP contribution in [0.25, 0.3) is 0 Å². The molecule has 1 aromatic carbocycles. The Morgan fingerprint density at radius 2 is 2.00 bits per heavy atom. The standard InChI is InChI=1S/C13H15ClFNO/c14-8-5-12(17)16-9-13(6-7-13)10-1-3-11(15)4-2-10/h1-4H,5-9H2,(H,16,17). The predicted octanol–water partition coefficient (Wildman–Crippen LogP) is 2.60. The van der Waals surface area contributed by atoms with Gasteiger partial charge in [-0.3, -0.25) is 4.79 Å². The van der Waals surface area contributed by atoms with E-state index in [0.29, 0.717) is 18.8 Å². The molecule has 1 aliphatic carbocycles. The maximum Gasteiger partial charge on any atom is 0.221 e. The number of carbonyl (C=O) groups excluding carboxylic acids is 1. The molecule has 92 valence electrons. The van der Waals surface area contributed by atoms with E-state index in [1.165, 1.54) is 12.1 Å². The minimum absolute atomic E-state index is 0.0200. The van der Waals surface area contributed by atoms with Gasteiger partial charge in [0.15, 0.2) is 0 Å². The highest BCUT2D eigenvalue weighted by Crippen LogP contribution is 2.47. The van der Waals surface area contributed by atoms with Crippen LogP contribution in [0.1, 0.15) is 24.8 Å². The molecule has 1 saturated carbocycles. The molecule has 1 aromatic rings. The molecule has 2 nitrogen and oxygen atoms in total. The SMILES string of the molecule is O=C(CCCl)NCC1(c2ccc(F)cc2)CC1. The Hall–Kier alpha value is -1.09. The van der Waals surface area contributed by atoms with Crippen LogP contribution in [0.3, 0.4) is 0 Å². The molecule has 17 heavy (non-hydrogen) atoms. The van der Waals surface area contributed by atoms with Gasteiger partial charge in [-0.2, -0.15) is 0 Å². The van der Waals surface area contributed by atoms with Gasteiger partial charge < -0.3 is 5.32 Å². The number of halogens is 2. The van der Waals surface area contributed by atoms with Crippen LogP contribution in [-0.2, 0) is 10.2 Å². The summed E-state index contributed by atoms with van der Waals surface area (Å²) in [6, 6.07) is 6.54. The fraction of sp³-hybridized carbons (Fsp3) is 0.462. The second kappa shape index (κ2) is 5.05. The molecule has 0 spiro atoms. The number of amides is 1. The van der Waals surface area contributed by atoms with Crippen LogP contribution >= 0.6 is 11.6 Å². The first kappa shape index (κ1) is 12.4. The Morgan fingerprint density at radius 1 is 1.35 bits per heavy atom. The van der Waals surface area contributed by atoms with Gasteiger partial charge in [0.1, 0.15) is 5.82 Å². The van der Waals surface area contributed by atoms with Gasteiger partial charge in [-0.25, -0.2) is 4.39 Å².